The number of hydrogen-bond donors (Lipinski definition) is 0. The first-order valence-electron chi connectivity index (χ1n) is 9.10. The molecule has 0 atom stereocenters. The van der Waals surface area contributed by atoms with Crippen molar-refractivity contribution in [1.29, 1.82) is 0 Å². The molecule has 0 N–H and O–H groups in total. The van der Waals surface area contributed by atoms with Gasteiger partial charge in [0.15, 0.2) is 16.4 Å². The van der Waals surface area contributed by atoms with E-state index in [1.54, 1.807) is 42.5 Å². The van der Waals surface area contributed by atoms with Crippen molar-refractivity contribution in [1.82, 2.24) is 0 Å². The average molecular weight is 471 g/mol. The smallest absolute Gasteiger partial charge is 0.434 e. The summed E-state index contributed by atoms with van der Waals surface area (Å²) >= 11 is 0. The van der Waals surface area contributed by atoms with Gasteiger partial charge in [0, 0.05) is 6.07 Å². The van der Waals surface area contributed by atoms with Crippen LogP contribution in [0.25, 0.3) is 0 Å². The summed E-state index contributed by atoms with van der Waals surface area (Å²) in [6, 6.07) is 19.6. The predicted octanol–water partition coefficient (Wildman–Crippen LogP) is 6.54. The Balaban J connectivity index is 1.72. The first-order valence-corrected chi connectivity index (χ1v) is 10.3. The van der Waals surface area contributed by atoms with Gasteiger partial charge in [-0.05, 0) is 36.4 Å². The Morgan fingerprint density at radius 1 is 0.781 bits per heavy atom. The highest BCUT2D eigenvalue weighted by Crippen LogP contribution is 2.46. The standard InChI is InChI=1S/C22H13F6O3S/c23-21(24,25)20(22(26,27)28)31-19(29)13-6-5-7-14(12-13)32-17-10-3-1-8-15(17)30-16-9-2-4-11-18(16)32/h1-12,20H/q+1. The summed E-state index contributed by atoms with van der Waals surface area (Å²) in [6.07, 6.45) is -15.8. The van der Waals surface area contributed by atoms with Gasteiger partial charge in [-0.1, -0.05) is 30.3 Å². The highest BCUT2D eigenvalue weighted by atomic mass is 32.2. The summed E-state index contributed by atoms with van der Waals surface area (Å²) in [4.78, 5) is 14.3. The third-order valence-electron chi connectivity index (χ3n) is 4.48. The van der Waals surface area contributed by atoms with E-state index in [1.807, 2.05) is 12.1 Å². The van der Waals surface area contributed by atoms with E-state index >= 15 is 0 Å². The lowest BCUT2D eigenvalue weighted by Crippen LogP contribution is -2.45. The number of hydrogen-bond acceptors (Lipinski definition) is 3. The highest BCUT2D eigenvalue weighted by Gasteiger charge is 2.60. The van der Waals surface area contributed by atoms with Crippen molar-refractivity contribution in [2.24, 2.45) is 0 Å². The van der Waals surface area contributed by atoms with E-state index in [2.05, 4.69) is 4.74 Å². The Bertz CT molecular complexity index is 1100. The monoisotopic (exact) mass is 471 g/mol. The van der Waals surface area contributed by atoms with Crippen LogP contribution in [-0.2, 0) is 15.6 Å². The third kappa shape index (κ3) is 4.27. The zero-order valence-electron chi connectivity index (χ0n) is 15.9. The number of fused-ring (bicyclic) bond motifs is 2. The zero-order chi connectivity index (χ0) is 23.1. The highest BCUT2D eigenvalue weighted by molar-refractivity contribution is 7.97. The van der Waals surface area contributed by atoms with E-state index in [4.69, 9.17) is 4.74 Å². The fourth-order valence-electron chi connectivity index (χ4n) is 3.14. The summed E-state index contributed by atoms with van der Waals surface area (Å²) in [5, 5.41) is 0. The molecule has 0 bridgehead atoms. The van der Waals surface area contributed by atoms with E-state index in [0.717, 1.165) is 15.9 Å². The molecule has 32 heavy (non-hydrogen) atoms. The van der Waals surface area contributed by atoms with E-state index < -0.39 is 40.9 Å². The number of alkyl halides is 6. The fourth-order valence-corrected chi connectivity index (χ4v) is 5.40. The van der Waals surface area contributed by atoms with E-state index in [1.165, 1.54) is 12.1 Å². The van der Waals surface area contributed by atoms with E-state index in [0.29, 0.717) is 16.4 Å². The second kappa shape index (κ2) is 8.09. The molecule has 0 fully saturated rings. The number of carbonyl (C=O) groups excluding carboxylic acids is 1. The second-order valence-electron chi connectivity index (χ2n) is 6.70. The van der Waals surface area contributed by atoms with Gasteiger partial charge in [0.2, 0.25) is 9.79 Å². The molecule has 166 valence electrons. The first-order chi connectivity index (χ1) is 15.1. The van der Waals surface area contributed by atoms with Crippen LogP contribution in [0.2, 0.25) is 0 Å². The summed E-state index contributed by atoms with van der Waals surface area (Å²) in [5.41, 5.74) is -0.421. The lowest BCUT2D eigenvalue weighted by Gasteiger charge is -2.23. The van der Waals surface area contributed by atoms with Crippen molar-refractivity contribution in [2.75, 3.05) is 0 Å². The maximum Gasteiger partial charge on any atom is 0.434 e. The lowest BCUT2D eigenvalue weighted by molar-refractivity contribution is -0.307. The van der Waals surface area contributed by atoms with Crippen LogP contribution >= 0.6 is 0 Å². The minimum absolute atomic E-state index is 0.421. The molecule has 0 saturated carbocycles. The number of halogens is 6. The Morgan fingerprint density at radius 3 is 1.84 bits per heavy atom. The molecule has 3 aromatic carbocycles. The second-order valence-corrected chi connectivity index (χ2v) is 8.66. The molecule has 3 aromatic rings. The molecular formula is C22H13F6O3S+. The molecule has 1 heterocycles. The maximum atomic E-state index is 12.8. The number of carbonyl (C=O) groups is 1. The SMILES string of the molecule is O=C(OC(C(F)(F)F)C(F)(F)F)c1cccc([S+]2c3ccccc3Oc3ccccc32)c1. The van der Waals surface area contributed by atoms with Crippen LogP contribution in [0.3, 0.4) is 0 Å². The number of rotatable bonds is 3. The normalized spacial score (nSPS) is 13.8. The lowest BCUT2D eigenvalue weighted by atomic mass is 10.2. The largest absolute Gasteiger partial charge is 0.447 e. The summed E-state index contributed by atoms with van der Waals surface area (Å²) < 4.78 is 86.4. The molecule has 4 rings (SSSR count). The van der Waals surface area contributed by atoms with E-state index in [-0.39, 0.29) is 0 Å². The molecular weight excluding hydrogens is 458 g/mol. The molecule has 1 aliphatic heterocycles. The number of esters is 1. The molecule has 0 saturated heterocycles. The van der Waals surface area contributed by atoms with Gasteiger partial charge in [0.25, 0.3) is 6.10 Å². The Labute approximate surface area is 180 Å². The third-order valence-corrected chi connectivity index (χ3v) is 6.76. The molecule has 1 aliphatic rings. The van der Waals surface area contributed by atoms with Gasteiger partial charge in [0.1, 0.15) is 10.9 Å². The number of ether oxygens (including phenoxy) is 2. The molecule has 10 heteroatoms. The topological polar surface area (TPSA) is 35.5 Å². The van der Waals surface area contributed by atoms with Crippen LogP contribution < -0.4 is 4.74 Å². The van der Waals surface area contributed by atoms with Gasteiger partial charge in [-0.15, -0.1) is 0 Å². The Morgan fingerprint density at radius 2 is 1.31 bits per heavy atom. The zero-order valence-corrected chi connectivity index (χ0v) is 16.7. The van der Waals surface area contributed by atoms with Gasteiger partial charge < -0.3 is 9.47 Å². The maximum absolute atomic E-state index is 12.8. The van der Waals surface area contributed by atoms with E-state index in [9.17, 15) is 31.1 Å². The minimum Gasteiger partial charge on any atom is -0.447 e. The quantitative estimate of drug-likeness (QED) is 0.193. The Kier molecular flexibility index (Phi) is 5.58. The number of benzene rings is 3. The summed E-state index contributed by atoms with van der Waals surface area (Å²) in [6.45, 7) is 0. The van der Waals surface area contributed by atoms with Crippen LogP contribution in [0.1, 0.15) is 10.4 Å². The number of para-hydroxylation sites is 2. The summed E-state index contributed by atoms with van der Waals surface area (Å²) in [5.74, 6) is -0.585. The van der Waals surface area contributed by atoms with Crippen molar-refractivity contribution in [3.63, 3.8) is 0 Å². The van der Waals surface area contributed by atoms with Crippen LogP contribution in [0.4, 0.5) is 26.3 Å². The van der Waals surface area contributed by atoms with Gasteiger partial charge in [0.05, 0.1) is 5.56 Å². The van der Waals surface area contributed by atoms with Crippen LogP contribution in [-0.4, -0.2) is 24.4 Å². The molecule has 0 aromatic heterocycles. The van der Waals surface area contributed by atoms with Crippen molar-refractivity contribution in [2.45, 2.75) is 33.1 Å². The van der Waals surface area contributed by atoms with Crippen molar-refractivity contribution in [3.05, 3.63) is 78.4 Å². The summed E-state index contributed by atoms with van der Waals surface area (Å²) in [7, 11) is -0.809. The molecule has 0 amide bonds. The molecule has 3 nitrogen and oxygen atoms in total. The fraction of sp³-hybridized carbons (Fsp3) is 0.136. The van der Waals surface area contributed by atoms with Gasteiger partial charge in [-0.2, -0.15) is 26.3 Å². The molecule has 0 aliphatic carbocycles. The minimum atomic E-state index is -5.79. The van der Waals surface area contributed by atoms with Gasteiger partial charge in [-0.3, -0.25) is 0 Å². The average Bonchev–Trinajstić information content (AvgIpc) is 2.74. The first kappa shape index (κ1) is 22.1. The van der Waals surface area contributed by atoms with Crippen LogP contribution in [0, 0.1) is 0 Å². The van der Waals surface area contributed by atoms with Crippen molar-refractivity contribution >= 4 is 16.9 Å². The Hall–Kier alpha value is -3.14. The molecule has 0 radical (unpaired) electrons. The van der Waals surface area contributed by atoms with Crippen molar-refractivity contribution in [3.8, 4) is 11.5 Å². The van der Waals surface area contributed by atoms with Crippen LogP contribution in [0.5, 0.6) is 11.5 Å². The predicted molar refractivity (Wildman–Crippen MR) is 103 cm³/mol. The van der Waals surface area contributed by atoms with Gasteiger partial charge >= 0.3 is 18.3 Å². The van der Waals surface area contributed by atoms with Crippen molar-refractivity contribution < 1.29 is 40.6 Å². The molecule has 0 unspecified atom stereocenters. The molecule has 0 spiro atoms. The van der Waals surface area contributed by atoms with Crippen LogP contribution in [0.15, 0.2) is 87.5 Å². The van der Waals surface area contributed by atoms with Gasteiger partial charge in [-0.25, -0.2) is 4.79 Å².